The molecule has 16 heavy (non-hydrogen) atoms. The van der Waals surface area contributed by atoms with Crippen molar-refractivity contribution in [2.24, 2.45) is 0 Å². The Bertz CT molecular complexity index is 355. The number of benzene rings is 1. The van der Waals surface area contributed by atoms with E-state index in [2.05, 4.69) is 10.6 Å². The highest BCUT2D eigenvalue weighted by molar-refractivity contribution is 5.78. The maximum Gasteiger partial charge on any atom is 0.234 e. The summed E-state index contributed by atoms with van der Waals surface area (Å²) in [7, 11) is 0. The van der Waals surface area contributed by atoms with Gasteiger partial charge in [-0.1, -0.05) is 19.1 Å². The molecule has 0 saturated carbocycles. The third-order valence-electron chi connectivity index (χ3n) is 2.26. The lowest BCUT2D eigenvalue weighted by Crippen LogP contribution is -2.35. The first-order chi connectivity index (χ1) is 7.63. The molecule has 3 nitrogen and oxygen atoms in total. The van der Waals surface area contributed by atoms with E-state index in [-0.39, 0.29) is 24.3 Å². The van der Waals surface area contributed by atoms with Gasteiger partial charge < -0.3 is 10.6 Å². The summed E-state index contributed by atoms with van der Waals surface area (Å²) < 4.78 is 12.9. The molecule has 0 fully saturated rings. The Morgan fingerprint density at radius 3 is 2.88 bits per heavy atom. The molecule has 0 bridgehead atoms. The zero-order valence-electron chi connectivity index (χ0n) is 9.59. The largest absolute Gasteiger partial charge is 0.348 e. The summed E-state index contributed by atoms with van der Waals surface area (Å²) in [5, 5.41) is 5.72. The monoisotopic (exact) mass is 224 g/mol. The predicted molar refractivity (Wildman–Crippen MR) is 61.5 cm³/mol. The van der Waals surface area contributed by atoms with Crippen molar-refractivity contribution in [1.29, 1.82) is 0 Å². The van der Waals surface area contributed by atoms with E-state index in [4.69, 9.17) is 0 Å². The minimum absolute atomic E-state index is 0.0846. The van der Waals surface area contributed by atoms with Gasteiger partial charge in [0.2, 0.25) is 5.91 Å². The molecule has 0 aliphatic heterocycles. The van der Waals surface area contributed by atoms with Crippen molar-refractivity contribution in [3.8, 4) is 0 Å². The van der Waals surface area contributed by atoms with E-state index in [1.165, 1.54) is 12.1 Å². The first-order valence-corrected chi connectivity index (χ1v) is 5.39. The number of halogens is 1. The van der Waals surface area contributed by atoms with Crippen LogP contribution < -0.4 is 10.6 Å². The number of carbonyl (C=O) groups excluding carboxylic acids is 1. The Morgan fingerprint density at radius 2 is 2.25 bits per heavy atom. The van der Waals surface area contributed by atoms with Crippen LogP contribution in [-0.4, -0.2) is 19.0 Å². The number of hydrogen-bond donors (Lipinski definition) is 2. The standard InChI is InChI=1S/C12H17FN2O/c1-3-14-8-12(16)15-9(2)10-5-4-6-11(13)7-10/h4-7,9,14H,3,8H2,1-2H3,(H,15,16)/t9-/m0/s1. The predicted octanol–water partition coefficient (Wildman–Crippen LogP) is 1.61. The van der Waals surface area contributed by atoms with Crippen molar-refractivity contribution in [3.63, 3.8) is 0 Å². The SMILES string of the molecule is CCNCC(=O)N[C@@H](C)c1cccc(F)c1. The molecule has 88 valence electrons. The van der Waals surface area contributed by atoms with E-state index in [0.717, 1.165) is 12.1 Å². The molecule has 0 heterocycles. The van der Waals surface area contributed by atoms with Gasteiger partial charge in [0.1, 0.15) is 5.82 Å². The van der Waals surface area contributed by atoms with Gasteiger partial charge in [-0.3, -0.25) is 4.79 Å². The molecular weight excluding hydrogens is 207 g/mol. The number of likely N-dealkylation sites (N-methyl/N-ethyl adjacent to an activating group) is 1. The molecule has 0 aliphatic rings. The molecule has 1 amide bonds. The zero-order valence-corrected chi connectivity index (χ0v) is 9.59. The molecule has 1 aromatic rings. The second-order valence-corrected chi connectivity index (χ2v) is 3.62. The average Bonchev–Trinajstić information content (AvgIpc) is 2.26. The van der Waals surface area contributed by atoms with E-state index in [9.17, 15) is 9.18 Å². The summed E-state index contributed by atoms with van der Waals surface area (Å²) in [6, 6.07) is 6.06. The van der Waals surface area contributed by atoms with Crippen molar-refractivity contribution >= 4 is 5.91 Å². The Morgan fingerprint density at radius 1 is 1.50 bits per heavy atom. The van der Waals surface area contributed by atoms with Gasteiger partial charge in [-0.25, -0.2) is 4.39 Å². The zero-order chi connectivity index (χ0) is 12.0. The Kier molecular flexibility index (Phi) is 4.92. The van der Waals surface area contributed by atoms with Gasteiger partial charge in [-0.15, -0.1) is 0 Å². The second-order valence-electron chi connectivity index (χ2n) is 3.62. The number of nitrogens with one attached hydrogen (secondary N) is 2. The lowest BCUT2D eigenvalue weighted by molar-refractivity contribution is -0.120. The highest BCUT2D eigenvalue weighted by atomic mass is 19.1. The van der Waals surface area contributed by atoms with E-state index in [1.807, 2.05) is 13.8 Å². The van der Waals surface area contributed by atoms with Crippen LogP contribution in [0.15, 0.2) is 24.3 Å². The van der Waals surface area contributed by atoms with Gasteiger partial charge in [0.05, 0.1) is 12.6 Å². The van der Waals surface area contributed by atoms with Crippen molar-refractivity contribution in [2.45, 2.75) is 19.9 Å². The summed E-state index contributed by atoms with van der Waals surface area (Å²) in [4.78, 5) is 11.4. The highest BCUT2D eigenvalue weighted by Gasteiger charge is 2.09. The van der Waals surface area contributed by atoms with E-state index in [1.54, 1.807) is 12.1 Å². The third-order valence-corrected chi connectivity index (χ3v) is 2.26. The molecule has 4 heteroatoms. The number of hydrogen-bond acceptors (Lipinski definition) is 2. The van der Waals surface area contributed by atoms with E-state index in [0.29, 0.717) is 0 Å². The fourth-order valence-corrected chi connectivity index (χ4v) is 1.39. The van der Waals surface area contributed by atoms with Crippen LogP contribution in [0.5, 0.6) is 0 Å². The quantitative estimate of drug-likeness (QED) is 0.798. The maximum absolute atomic E-state index is 12.9. The Hall–Kier alpha value is -1.42. The molecule has 1 atom stereocenters. The van der Waals surface area contributed by atoms with Gasteiger partial charge in [0.25, 0.3) is 0 Å². The first kappa shape index (κ1) is 12.6. The van der Waals surface area contributed by atoms with Crippen LogP contribution in [0.25, 0.3) is 0 Å². The smallest absolute Gasteiger partial charge is 0.234 e. The third kappa shape index (κ3) is 3.98. The summed E-state index contributed by atoms with van der Waals surface area (Å²) >= 11 is 0. The maximum atomic E-state index is 12.9. The minimum Gasteiger partial charge on any atom is -0.348 e. The molecule has 0 aliphatic carbocycles. The Labute approximate surface area is 95.0 Å². The van der Waals surface area contributed by atoms with Gasteiger partial charge in [0, 0.05) is 0 Å². The first-order valence-electron chi connectivity index (χ1n) is 5.39. The van der Waals surface area contributed by atoms with Crippen LogP contribution in [0, 0.1) is 5.82 Å². The molecular formula is C12H17FN2O. The molecule has 0 unspecified atom stereocenters. The molecule has 0 aromatic heterocycles. The van der Waals surface area contributed by atoms with Crippen molar-refractivity contribution in [2.75, 3.05) is 13.1 Å². The molecule has 1 rings (SSSR count). The van der Waals surface area contributed by atoms with Gasteiger partial charge in [0.15, 0.2) is 0 Å². The fraction of sp³-hybridized carbons (Fsp3) is 0.417. The van der Waals surface area contributed by atoms with Gasteiger partial charge in [-0.2, -0.15) is 0 Å². The van der Waals surface area contributed by atoms with Crippen molar-refractivity contribution < 1.29 is 9.18 Å². The number of carbonyl (C=O) groups is 1. The van der Waals surface area contributed by atoms with Gasteiger partial charge in [-0.05, 0) is 31.2 Å². The normalized spacial score (nSPS) is 12.2. The minimum atomic E-state index is -0.287. The molecule has 0 saturated heterocycles. The number of rotatable bonds is 5. The molecule has 0 radical (unpaired) electrons. The topological polar surface area (TPSA) is 41.1 Å². The van der Waals surface area contributed by atoms with Gasteiger partial charge >= 0.3 is 0 Å². The van der Waals surface area contributed by atoms with E-state index < -0.39 is 0 Å². The van der Waals surface area contributed by atoms with Crippen LogP contribution in [0.1, 0.15) is 25.5 Å². The lowest BCUT2D eigenvalue weighted by Gasteiger charge is -2.14. The summed E-state index contributed by atoms with van der Waals surface area (Å²) in [5.74, 6) is -0.371. The van der Waals surface area contributed by atoms with Crippen molar-refractivity contribution in [1.82, 2.24) is 10.6 Å². The van der Waals surface area contributed by atoms with Crippen molar-refractivity contribution in [3.05, 3.63) is 35.6 Å². The fourth-order valence-electron chi connectivity index (χ4n) is 1.39. The lowest BCUT2D eigenvalue weighted by atomic mass is 10.1. The second kappa shape index (κ2) is 6.23. The number of amides is 1. The van der Waals surface area contributed by atoms with Crippen LogP contribution in [0.4, 0.5) is 4.39 Å². The van der Waals surface area contributed by atoms with E-state index >= 15 is 0 Å². The van der Waals surface area contributed by atoms with Crippen LogP contribution in [0.2, 0.25) is 0 Å². The summed E-state index contributed by atoms with van der Waals surface area (Å²) in [6.07, 6.45) is 0. The molecule has 1 aromatic carbocycles. The highest BCUT2D eigenvalue weighted by Crippen LogP contribution is 2.12. The Balaban J connectivity index is 2.52. The average molecular weight is 224 g/mol. The summed E-state index contributed by atoms with van der Waals surface area (Å²) in [5.41, 5.74) is 0.768. The van der Waals surface area contributed by atoms with Crippen LogP contribution in [-0.2, 0) is 4.79 Å². The van der Waals surface area contributed by atoms with Crippen LogP contribution >= 0.6 is 0 Å². The molecule has 0 spiro atoms. The van der Waals surface area contributed by atoms with Crippen LogP contribution in [0.3, 0.4) is 0 Å². The molecule has 2 N–H and O–H groups in total. The summed E-state index contributed by atoms with van der Waals surface area (Å²) in [6.45, 7) is 4.81.